The molecule has 3 rings (SSSR count). The summed E-state index contributed by atoms with van der Waals surface area (Å²) in [7, 11) is 0. The number of ketones is 1. The van der Waals surface area contributed by atoms with E-state index in [-0.39, 0.29) is 18.2 Å². The van der Waals surface area contributed by atoms with Crippen LogP contribution in [0.1, 0.15) is 42.4 Å². The molecule has 0 aliphatic carbocycles. The van der Waals surface area contributed by atoms with Gasteiger partial charge in [0.25, 0.3) is 5.91 Å². The van der Waals surface area contributed by atoms with E-state index >= 15 is 0 Å². The Balaban J connectivity index is 1.82. The molecule has 2 aromatic carbocycles. The van der Waals surface area contributed by atoms with Gasteiger partial charge in [-0.2, -0.15) is 0 Å². The minimum Gasteiger partial charge on any atom is -0.320 e. The summed E-state index contributed by atoms with van der Waals surface area (Å²) in [6.07, 6.45) is 3.37. The molecule has 0 bridgehead atoms. The number of amides is 1. The van der Waals surface area contributed by atoms with E-state index in [4.69, 9.17) is 0 Å². The summed E-state index contributed by atoms with van der Waals surface area (Å²) < 4.78 is 0.464. The van der Waals surface area contributed by atoms with Gasteiger partial charge in [-0.25, -0.2) is 4.79 Å². The fourth-order valence-corrected chi connectivity index (χ4v) is 4.66. The molecule has 5 nitrogen and oxygen atoms in total. The highest BCUT2D eigenvalue weighted by molar-refractivity contribution is 5.96. The molecule has 5 heteroatoms. The fourth-order valence-electron chi connectivity index (χ4n) is 4.66. The molecule has 2 aromatic rings. The van der Waals surface area contributed by atoms with E-state index in [1.807, 2.05) is 37.3 Å². The van der Waals surface area contributed by atoms with Gasteiger partial charge < -0.3 is 9.80 Å². The number of piperidine rings is 1. The minimum atomic E-state index is -0.139. The Morgan fingerprint density at radius 1 is 1.13 bits per heavy atom. The zero-order chi connectivity index (χ0) is 21.6. The molecule has 1 heterocycles. The normalized spacial score (nSPS) is 20.8. The van der Waals surface area contributed by atoms with Crippen molar-refractivity contribution in [2.24, 2.45) is 0 Å². The molecular formula is C25H29N2O3+. The average Bonchev–Trinajstić information content (AvgIpc) is 2.71. The number of anilines is 1. The molecular weight excluding hydrogens is 376 g/mol. The van der Waals surface area contributed by atoms with Crippen molar-refractivity contribution >= 4 is 29.4 Å². The lowest BCUT2D eigenvalue weighted by Crippen LogP contribution is -2.58. The highest BCUT2D eigenvalue weighted by Gasteiger charge is 2.38. The summed E-state index contributed by atoms with van der Waals surface area (Å²) in [5, 5.41) is 2.99. The Morgan fingerprint density at radius 2 is 1.90 bits per heavy atom. The second-order valence-electron chi connectivity index (χ2n) is 8.37. The van der Waals surface area contributed by atoms with Crippen LogP contribution in [0.5, 0.6) is 0 Å². The number of rotatable bonds is 7. The fraction of sp³-hybridized carbons (Fsp3) is 0.360. The lowest BCUT2D eigenvalue weighted by Gasteiger charge is -2.43. The first-order valence-electron chi connectivity index (χ1n) is 10.4. The Bertz CT molecular complexity index is 964. The smallest absolute Gasteiger partial charge is 0.279 e. The number of para-hydroxylation sites is 1. The standard InChI is InChI=1S/C25H28N2O3/c1-19-8-6-11-22(13-15-28)25(19)26-24(30)18-27(16-20(2)29)14-7-12-23(17-27)21-9-4-3-5-10-21/h3-6,8-11,13,23H,7,12,14,16-18H2,1-2H3/p+1. The molecule has 0 spiro atoms. The van der Waals surface area contributed by atoms with Crippen molar-refractivity contribution in [2.75, 3.05) is 31.5 Å². The molecule has 1 amide bonds. The molecule has 2 atom stereocenters. The van der Waals surface area contributed by atoms with Gasteiger partial charge in [0.2, 0.25) is 0 Å². The lowest BCUT2D eigenvalue weighted by molar-refractivity contribution is -0.918. The van der Waals surface area contributed by atoms with Crippen LogP contribution in [-0.4, -0.2) is 48.3 Å². The maximum absolute atomic E-state index is 13.1. The van der Waals surface area contributed by atoms with Gasteiger partial charge in [0.05, 0.1) is 18.8 Å². The average molecular weight is 406 g/mol. The monoisotopic (exact) mass is 405 g/mol. The van der Waals surface area contributed by atoms with Gasteiger partial charge in [-0.1, -0.05) is 48.5 Å². The maximum Gasteiger partial charge on any atom is 0.279 e. The molecule has 1 aliphatic heterocycles. The summed E-state index contributed by atoms with van der Waals surface area (Å²) in [6.45, 7) is 5.66. The van der Waals surface area contributed by atoms with Crippen molar-refractivity contribution < 1.29 is 18.9 Å². The SMILES string of the molecule is CC(=O)C[N+]1(CC(=O)Nc2c(C)cccc2C=C=O)CCCC(c2ccccc2)C1. The first-order chi connectivity index (χ1) is 14.4. The lowest BCUT2D eigenvalue weighted by atomic mass is 9.88. The number of hydrogen-bond donors (Lipinski definition) is 1. The van der Waals surface area contributed by atoms with Crippen LogP contribution < -0.4 is 5.32 Å². The van der Waals surface area contributed by atoms with Crippen LogP contribution in [0.3, 0.4) is 0 Å². The highest BCUT2D eigenvalue weighted by Crippen LogP contribution is 2.31. The Morgan fingerprint density at radius 3 is 2.60 bits per heavy atom. The zero-order valence-corrected chi connectivity index (χ0v) is 17.7. The summed E-state index contributed by atoms with van der Waals surface area (Å²) in [4.78, 5) is 36.0. The van der Waals surface area contributed by atoms with Crippen LogP contribution in [0.4, 0.5) is 5.69 Å². The molecule has 2 unspecified atom stereocenters. The molecule has 1 aliphatic rings. The number of aryl methyl sites for hydroxylation is 1. The van der Waals surface area contributed by atoms with E-state index in [0.717, 1.165) is 31.5 Å². The highest BCUT2D eigenvalue weighted by atomic mass is 16.2. The van der Waals surface area contributed by atoms with Crippen molar-refractivity contribution in [3.8, 4) is 0 Å². The first kappa shape index (κ1) is 21.7. The summed E-state index contributed by atoms with van der Waals surface area (Å²) in [5.41, 5.74) is 3.41. The maximum atomic E-state index is 13.1. The van der Waals surface area contributed by atoms with Gasteiger partial charge in [-0.05, 0) is 30.9 Å². The molecule has 156 valence electrons. The van der Waals surface area contributed by atoms with E-state index < -0.39 is 0 Å². The number of hydrogen-bond acceptors (Lipinski definition) is 3. The predicted octanol–water partition coefficient (Wildman–Crippen LogP) is 3.76. The Kier molecular flexibility index (Phi) is 6.99. The van der Waals surface area contributed by atoms with Gasteiger partial charge in [-0.15, -0.1) is 0 Å². The van der Waals surface area contributed by atoms with Crippen molar-refractivity contribution in [3.05, 3.63) is 65.2 Å². The topological polar surface area (TPSA) is 63.2 Å². The van der Waals surface area contributed by atoms with Crippen LogP contribution in [0.2, 0.25) is 0 Å². The van der Waals surface area contributed by atoms with Crippen molar-refractivity contribution in [3.63, 3.8) is 0 Å². The van der Waals surface area contributed by atoms with E-state index in [2.05, 4.69) is 17.4 Å². The van der Waals surface area contributed by atoms with Crippen molar-refractivity contribution in [1.82, 2.24) is 0 Å². The third-order valence-corrected chi connectivity index (χ3v) is 5.88. The van der Waals surface area contributed by atoms with Crippen LogP contribution in [0, 0.1) is 6.92 Å². The summed E-state index contributed by atoms with van der Waals surface area (Å²) in [6, 6.07) is 15.8. The van der Waals surface area contributed by atoms with Crippen molar-refractivity contribution in [2.45, 2.75) is 32.6 Å². The number of nitrogens with one attached hydrogen (secondary N) is 1. The molecule has 0 aromatic heterocycles. The van der Waals surface area contributed by atoms with Crippen LogP contribution >= 0.6 is 0 Å². The summed E-state index contributed by atoms with van der Waals surface area (Å²) >= 11 is 0. The third-order valence-electron chi connectivity index (χ3n) is 5.88. The van der Waals surface area contributed by atoms with E-state index in [1.165, 1.54) is 11.6 Å². The van der Waals surface area contributed by atoms with E-state index in [9.17, 15) is 14.4 Å². The van der Waals surface area contributed by atoms with Crippen LogP contribution in [0.25, 0.3) is 6.08 Å². The number of likely N-dealkylation sites (tertiary alicyclic amines) is 1. The molecule has 1 fully saturated rings. The van der Waals surface area contributed by atoms with Gasteiger partial charge in [0, 0.05) is 24.5 Å². The zero-order valence-electron chi connectivity index (χ0n) is 17.7. The molecule has 0 radical (unpaired) electrons. The van der Waals surface area contributed by atoms with E-state index in [1.54, 1.807) is 18.9 Å². The number of nitrogens with zero attached hydrogens (tertiary/aromatic N) is 1. The van der Waals surface area contributed by atoms with Gasteiger partial charge in [0.15, 0.2) is 12.3 Å². The van der Waals surface area contributed by atoms with Gasteiger partial charge in [-0.3, -0.25) is 9.59 Å². The second kappa shape index (κ2) is 9.66. The molecule has 1 N–H and O–H groups in total. The van der Waals surface area contributed by atoms with Crippen molar-refractivity contribution in [1.29, 1.82) is 0 Å². The largest absolute Gasteiger partial charge is 0.320 e. The first-order valence-corrected chi connectivity index (χ1v) is 10.4. The number of carbonyl (C=O) groups excluding carboxylic acids is 3. The molecule has 1 saturated heterocycles. The van der Waals surface area contributed by atoms with Gasteiger partial charge >= 0.3 is 0 Å². The number of Topliss-reactive ketones (excluding diaryl/α,β-unsaturated/α-hetero) is 1. The molecule has 30 heavy (non-hydrogen) atoms. The quantitative estimate of drug-likeness (QED) is 0.564. The molecule has 0 saturated carbocycles. The predicted molar refractivity (Wildman–Crippen MR) is 119 cm³/mol. The second-order valence-corrected chi connectivity index (χ2v) is 8.37. The number of carbonyl (C=O) groups is 2. The van der Waals surface area contributed by atoms with E-state index in [0.29, 0.717) is 28.2 Å². The summed E-state index contributed by atoms with van der Waals surface area (Å²) in [5.74, 6) is 2.08. The third kappa shape index (κ3) is 5.32. The van der Waals surface area contributed by atoms with Crippen LogP contribution in [0.15, 0.2) is 48.5 Å². The Hall–Kier alpha value is -3.01. The van der Waals surface area contributed by atoms with Gasteiger partial charge in [0.1, 0.15) is 12.5 Å². The number of quaternary nitrogens is 1. The number of benzene rings is 2. The van der Waals surface area contributed by atoms with Crippen LogP contribution in [-0.2, 0) is 14.4 Å². The Labute approximate surface area is 178 Å². The minimum absolute atomic E-state index is 0.0944.